The Morgan fingerprint density at radius 2 is 1.40 bits per heavy atom. The molecule has 0 aromatic heterocycles. The smallest absolute Gasteiger partial charge is 0.160 e. The van der Waals surface area contributed by atoms with E-state index in [-0.39, 0.29) is 11.5 Å². The van der Waals surface area contributed by atoms with E-state index in [0.29, 0.717) is 11.1 Å². The maximum absolute atomic E-state index is 12.3. The van der Waals surface area contributed by atoms with E-state index >= 15 is 0 Å². The van der Waals surface area contributed by atoms with Crippen molar-refractivity contribution in [2.24, 2.45) is 5.92 Å². The van der Waals surface area contributed by atoms with Gasteiger partial charge < -0.3 is 0 Å². The molecule has 0 aromatic rings. The molecular weight excluding hydrogens is 284 g/mol. The Hall–Kier alpha value is -1.71. The summed E-state index contributed by atoms with van der Waals surface area (Å²) in [4.78, 5) is 0. The number of rotatable bonds is 0. The summed E-state index contributed by atoms with van der Waals surface area (Å²) in [5.74, 6) is 1.95. The Balaban J connectivity index is 3.55. The summed E-state index contributed by atoms with van der Waals surface area (Å²) >= 11 is 0. The van der Waals surface area contributed by atoms with Gasteiger partial charge in [0.25, 0.3) is 0 Å². The van der Waals surface area contributed by atoms with Gasteiger partial charge in [-0.05, 0) is 35.6 Å². The van der Waals surface area contributed by atoms with Crippen LogP contribution in [-0.4, -0.2) is 23.9 Å². The maximum Gasteiger partial charge on any atom is 0.502 e. The van der Waals surface area contributed by atoms with Crippen LogP contribution in [0.1, 0.15) is 20.8 Å². The van der Waals surface area contributed by atoms with Crippen molar-refractivity contribution in [3.05, 3.63) is 28.9 Å². The van der Waals surface area contributed by atoms with Gasteiger partial charge >= 0.3 is 23.9 Å². The zero-order valence-electron chi connectivity index (χ0n) is 10.9. The van der Waals surface area contributed by atoms with Crippen molar-refractivity contribution >= 4 is 11.6 Å². The second-order valence-corrected chi connectivity index (χ2v) is 4.50. The Morgan fingerprint density at radius 1 is 1.00 bits per heavy atom. The van der Waals surface area contributed by atoms with Crippen molar-refractivity contribution in [1.29, 1.82) is 0 Å². The molecule has 20 heavy (non-hydrogen) atoms. The molecule has 1 aliphatic carbocycles. The molecule has 0 aromatic carbocycles. The molecule has 7 heteroatoms. The summed E-state index contributed by atoms with van der Waals surface area (Å²) in [6.45, 7) is 5.03. The summed E-state index contributed by atoms with van der Waals surface area (Å²) < 4.78 is 76.3. The van der Waals surface area contributed by atoms with Crippen LogP contribution in [-0.2, 0) is 0 Å². The van der Waals surface area contributed by atoms with E-state index in [1.165, 1.54) is 0 Å². The lowest BCUT2D eigenvalue weighted by Gasteiger charge is -2.12. The molecule has 0 atom stereocenters. The summed E-state index contributed by atoms with van der Waals surface area (Å²) in [6.07, 6.45) is -7.70. The second kappa shape index (κ2) is 5.35. The molecular formula is C13H12F6N+. The number of allylic oxidation sites excluding steroid dienone is 5. The zero-order chi connectivity index (χ0) is 15.7. The third-order valence-corrected chi connectivity index (χ3v) is 2.63. The van der Waals surface area contributed by atoms with Gasteiger partial charge in [0.2, 0.25) is 0 Å². The van der Waals surface area contributed by atoms with Crippen LogP contribution >= 0.6 is 0 Å². The molecule has 1 nitrogen and oxygen atoms in total. The number of nitrogens with zero attached hydrogens (tertiary/aromatic N) is 1. The van der Waals surface area contributed by atoms with Gasteiger partial charge in [0.15, 0.2) is 0 Å². The highest BCUT2D eigenvalue weighted by Crippen LogP contribution is 2.28. The highest BCUT2D eigenvalue weighted by molar-refractivity contribution is 5.95. The van der Waals surface area contributed by atoms with Crippen molar-refractivity contribution in [1.82, 2.24) is 4.67 Å². The Morgan fingerprint density at radius 3 is 1.75 bits per heavy atom. The van der Waals surface area contributed by atoms with Crippen LogP contribution in [0.25, 0.3) is 0 Å². The third kappa shape index (κ3) is 3.89. The van der Waals surface area contributed by atoms with Gasteiger partial charge in [-0.1, -0.05) is 19.1 Å². The van der Waals surface area contributed by atoms with E-state index in [4.69, 9.17) is 0 Å². The lowest BCUT2D eigenvalue weighted by atomic mass is 9.90. The van der Waals surface area contributed by atoms with Gasteiger partial charge in [-0.3, -0.25) is 0 Å². The molecule has 1 aliphatic rings. The van der Waals surface area contributed by atoms with E-state index in [0.717, 1.165) is 0 Å². The standard InChI is InChI=1S/C13H12F6N/c1-7-4-8(2)10(9(3)5-7)6-20-11(12(14,15)16)13(17,18)19/h4-5,7H,1-3H3/q+1. The molecule has 0 aliphatic heterocycles. The van der Waals surface area contributed by atoms with Crippen LogP contribution in [0.2, 0.25) is 0 Å². The lowest BCUT2D eigenvalue weighted by molar-refractivity contribution is -0.118. The Labute approximate surface area is 111 Å². The number of halogens is 6. The fraction of sp³-hybridized carbons (Fsp3) is 0.462. The van der Waals surface area contributed by atoms with Gasteiger partial charge in [0.05, 0.1) is 0 Å². The minimum absolute atomic E-state index is 0.0641. The maximum atomic E-state index is 12.3. The number of alkyl halides is 6. The molecule has 110 valence electrons. The van der Waals surface area contributed by atoms with Crippen LogP contribution in [0.3, 0.4) is 0 Å². The van der Waals surface area contributed by atoms with Crippen molar-refractivity contribution in [3.63, 3.8) is 0 Å². The van der Waals surface area contributed by atoms with Gasteiger partial charge in [-0.15, -0.1) is 0 Å². The van der Waals surface area contributed by atoms with Gasteiger partial charge in [-0.25, -0.2) is 0 Å². The molecule has 0 spiro atoms. The quantitative estimate of drug-likeness (QED) is 0.367. The monoisotopic (exact) mass is 296 g/mol. The molecule has 0 amide bonds. The van der Waals surface area contributed by atoms with Gasteiger partial charge in [-0.2, -0.15) is 26.3 Å². The van der Waals surface area contributed by atoms with E-state index in [9.17, 15) is 26.3 Å². The molecule has 0 fully saturated rings. The van der Waals surface area contributed by atoms with Crippen LogP contribution in [0.15, 0.2) is 28.9 Å². The predicted octanol–water partition coefficient (Wildman–Crippen LogP) is 3.76. The lowest BCUT2D eigenvalue weighted by Crippen LogP contribution is -2.38. The van der Waals surface area contributed by atoms with Crippen LogP contribution in [0, 0.1) is 5.92 Å². The normalized spacial score (nSPS) is 19.9. The van der Waals surface area contributed by atoms with E-state index in [1.807, 2.05) is 12.8 Å². The third-order valence-electron chi connectivity index (χ3n) is 2.63. The molecule has 0 saturated heterocycles. The van der Waals surface area contributed by atoms with Crippen LogP contribution in [0.5, 0.6) is 0 Å². The predicted molar refractivity (Wildman–Crippen MR) is 64.4 cm³/mol. The highest BCUT2D eigenvalue weighted by Gasteiger charge is 2.63. The minimum atomic E-state index is -5.57. The molecule has 0 N–H and O–H groups in total. The molecule has 1 rings (SSSR count). The second-order valence-electron chi connectivity index (χ2n) is 4.50. The average molecular weight is 296 g/mol. The summed E-state index contributed by atoms with van der Waals surface area (Å²) in [5, 5.41) is 0. The van der Waals surface area contributed by atoms with E-state index < -0.39 is 18.1 Å². The SMILES string of the molecule is CC1=CC(C)C=C(C)C1=C=[N+]=C(C(F)(F)F)C(F)(F)F. The first kappa shape index (κ1) is 16.3. The van der Waals surface area contributed by atoms with Crippen LogP contribution < -0.4 is 4.67 Å². The number of hydrogen-bond donors (Lipinski definition) is 0. The van der Waals surface area contributed by atoms with Crippen molar-refractivity contribution in [3.8, 4) is 0 Å². The summed E-state index contributed by atoms with van der Waals surface area (Å²) in [5.41, 5.74) is -1.57. The van der Waals surface area contributed by atoms with E-state index in [2.05, 4.69) is 4.67 Å². The zero-order valence-corrected chi connectivity index (χ0v) is 10.9. The fourth-order valence-corrected chi connectivity index (χ4v) is 1.89. The van der Waals surface area contributed by atoms with Crippen molar-refractivity contribution < 1.29 is 26.3 Å². The Kier molecular flexibility index (Phi) is 4.37. The van der Waals surface area contributed by atoms with E-state index in [1.54, 1.807) is 26.0 Å². The largest absolute Gasteiger partial charge is 0.502 e. The van der Waals surface area contributed by atoms with Crippen LogP contribution in [0.4, 0.5) is 26.3 Å². The highest BCUT2D eigenvalue weighted by atomic mass is 19.4. The molecule has 0 saturated carbocycles. The van der Waals surface area contributed by atoms with Crippen molar-refractivity contribution in [2.75, 3.05) is 0 Å². The number of hydrogen-bond acceptors (Lipinski definition) is 0. The molecule has 0 heterocycles. The summed E-state index contributed by atoms with van der Waals surface area (Å²) in [7, 11) is 0. The first-order chi connectivity index (χ1) is 8.93. The molecule has 0 unspecified atom stereocenters. The molecule has 0 radical (unpaired) electrons. The molecule has 0 bridgehead atoms. The fourth-order valence-electron chi connectivity index (χ4n) is 1.89. The Bertz CT molecular complexity index is 523. The minimum Gasteiger partial charge on any atom is -0.160 e. The first-order valence-corrected chi connectivity index (χ1v) is 5.65. The van der Waals surface area contributed by atoms with Crippen molar-refractivity contribution in [2.45, 2.75) is 33.1 Å². The van der Waals surface area contributed by atoms with Gasteiger partial charge in [0.1, 0.15) is 5.57 Å². The topological polar surface area (TPSA) is 14.1 Å². The summed E-state index contributed by atoms with van der Waals surface area (Å²) in [6, 6.07) is 0. The first-order valence-electron chi connectivity index (χ1n) is 5.65. The average Bonchev–Trinajstić information content (AvgIpc) is 2.17. The van der Waals surface area contributed by atoms with Gasteiger partial charge in [0, 0.05) is 0 Å².